The van der Waals surface area contributed by atoms with Crippen molar-refractivity contribution in [3.63, 3.8) is 0 Å². The van der Waals surface area contributed by atoms with Crippen molar-refractivity contribution in [2.45, 2.75) is 70.0 Å². The lowest BCUT2D eigenvalue weighted by Gasteiger charge is -2.36. The van der Waals surface area contributed by atoms with Crippen LogP contribution in [0.15, 0.2) is 24.3 Å². The molecule has 0 atom stereocenters. The van der Waals surface area contributed by atoms with Gasteiger partial charge in [0.25, 0.3) is 0 Å². The van der Waals surface area contributed by atoms with Crippen LogP contribution in [0.25, 0.3) is 0 Å². The summed E-state index contributed by atoms with van der Waals surface area (Å²) >= 11 is 0. The van der Waals surface area contributed by atoms with E-state index in [2.05, 4.69) is 19.1 Å². The van der Waals surface area contributed by atoms with Gasteiger partial charge >= 0.3 is 0 Å². The highest BCUT2D eigenvalue weighted by molar-refractivity contribution is 5.31. The van der Waals surface area contributed by atoms with Gasteiger partial charge in [0.05, 0.1) is 11.7 Å². The lowest BCUT2D eigenvalue weighted by molar-refractivity contribution is -0.0152. The van der Waals surface area contributed by atoms with Gasteiger partial charge in [-0.25, -0.2) is 0 Å². The Morgan fingerprint density at radius 3 is 2.30 bits per heavy atom. The Hall–Kier alpha value is -1.02. The quantitative estimate of drug-likeness (QED) is 0.862. The van der Waals surface area contributed by atoms with E-state index in [0.29, 0.717) is 6.10 Å². The third-order valence-corrected chi connectivity index (χ3v) is 4.85. The number of aliphatic hydroxyl groups is 1. The van der Waals surface area contributed by atoms with Gasteiger partial charge in [0.15, 0.2) is 0 Å². The molecule has 0 aliphatic heterocycles. The summed E-state index contributed by atoms with van der Waals surface area (Å²) in [5.41, 5.74) is 0.457. The van der Waals surface area contributed by atoms with E-state index in [1.807, 2.05) is 12.1 Å². The molecule has 1 N–H and O–H groups in total. The summed E-state index contributed by atoms with van der Waals surface area (Å²) in [6.45, 7) is 2.25. The van der Waals surface area contributed by atoms with Crippen molar-refractivity contribution in [3.05, 3.63) is 29.8 Å². The zero-order valence-corrected chi connectivity index (χ0v) is 12.5. The average molecular weight is 274 g/mol. The minimum atomic E-state index is -0.609. The predicted molar refractivity (Wildman–Crippen MR) is 80.9 cm³/mol. The summed E-state index contributed by atoms with van der Waals surface area (Å²) in [7, 11) is 0. The number of ether oxygens (including phenoxy) is 1. The standard InChI is InChI=1S/C18H26O2/c1-2-3-14-10-12-18(19,13-11-14)15-4-6-16(7-5-15)20-17-8-9-17/h4-7,14,17,19H,2-3,8-13H2,1H3. The summed E-state index contributed by atoms with van der Waals surface area (Å²) in [5.74, 6) is 1.76. The summed E-state index contributed by atoms with van der Waals surface area (Å²) in [6, 6.07) is 8.14. The summed E-state index contributed by atoms with van der Waals surface area (Å²) < 4.78 is 5.77. The molecule has 2 nitrogen and oxygen atoms in total. The molecular formula is C18H26O2. The Bertz CT molecular complexity index is 425. The summed E-state index contributed by atoms with van der Waals surface area (Å²) in [4.78, 5) is 0. The monoisotopic (exact) mass is 274 g/mol. The van der Waals surface area contributed by atoms with Crippen LogP contribution in [0.2, 0.25) is 0 Å². The molecule has 0 radical (unpaired) electrons. The van der Waals surface area contributed by atoms with Crippen molar-refractivity contribution in [2.24, 2.45) is 5.92 Å². The minimum Gasteiger partial charge on any atom is -0.490 e. The maximum Gasteiger partial charge on any atom is 0.119 e. The fourth-order valence-electron chi connectivity index (χ4n) is 3.36. The highest BCUT2D eigenvalue weighted by Gasteiger charge is 2.34. The maximum atomic E-state index is 10.9. The van der Waals surface area contributed by atoms with Gasteiger partial charge in [0.2, 0.25) is 0 Å². The van der Waals surface area contributed by atoms with Crippen molar-refractivity contribution in [1.29, 1.82) is 0 Å². The Balaban J connectivity index is 1.62. The van der Waals surface area contributed by atoms with Gasteiger partial charge in [0.1, 0.15) is 5.75 Å². The number of hydrogen-bond donors (Lipinski definition) is 1. The van der Waals surface area contributed by atoms with Crippen molar-refractivity contribution < 1.29 is 9.84 Å². The molecule has 1 aromatic rings. The molecule has 0 heterocycles. The fourth-order valence-corrected chi connectivity index (χ4v) is 3.36. The van der Waals surface area contributed by atoms with Gasteiger partial charge in [0, 0.05) is 0 Å². The first-order chi connectivity index (χ1) is 9.69. The molecule has 0 bridgehead atoms. The van der Waals surface area contributed by atoms with Crippen LogP contribution in [-0.2, 0) is 5.60 Å². The lowest BCUT2D eigenvalue weighted by Crippen LogP contribution is -2.31. The molecular weight excluding hydrogens is 248 g/mol. The van der Waals surface area contributed by atoms with E-state index >= 15 is 0 Å². The van der Waals surface area contributed by atoms with Gasteiger partial charge in [-0.05, 0) is 62.1 Å². The summed E-state index contributed by atoms with van der Waals surface area (Å²) in [5, 5.41) is 10.9. The molecule has 2 aliphatic carbocycles. The second-order valence-corrected chi connectivity index (χ2v) is 6.61. The van der Waals surface area contributed by atoms with Gasteiger partial charge in [-0.15, -0.1) is 0 Å². The van der Waals surface area contributed by atoms with E-state index in [4.69, 9.17) is 4.74 Å². The first-order valence-corrected chi connectivity index (χ1v) is 8.19. The zero-order valence-electron chi connectivity index (χ0n) is 12.5. The zero-order chi connectivity index (χ0) is 14.0. The maximum absolute atomic E-state index is 10.9. The van der Waals surface area contributed by atoms with Gasteiger partial charge in [-0.3, -0.25) is 0 Å². The molecule has 2 fully saturated rings. The van der Waals surface area contributed by atoms with Gasteiger partial charge in [-0.1, -0.05) is 31.9 Å². The van der Waals surface area contributed by atoms with Crippen LogP contribution in [0.4, 0.5) is 0 Å². The lowest BCUT2D eigenvalue weighted by atomic mass is 9.74. The van der Waals surface area contributed by atoms with Gasteiger partial charge in [-0.2, -0.15) is 0 Å². The predicted octanol–water partition coefficient (Wildman–Crippen LogP) is 4.41. The molecule has 2 heteroatoms. The van der Waals surface area contributed by atoms with Crippen molar-refractivity contribution >= 4 is 0 Å². The topological polar surface area (TPSA) is 29.5 Å². The highest BCUT2D eigenvalue weighted by Crippen LogP contribution is 2.41. The van der Waals surface area contributed by atoms with Crippen LogP contribution in [-0.4, -0.2) is 11.2 Å². The number of benzene rings is 1. The molecule has 0 aromatic heterocycles. The minimum absolute atomic E-state index is 0.438. The van der Waals surface area contributed by atoms with Crippen molar-refractivity contribution in [3.8, 4) is 5.75 Å². The third-order valence-electron chi connectivity index (χ3n) is 4.85. The van der Waals surface area contributed by atoms with E-state index in [1.54, 1.807) is 0 Å². The van der Waals surface area contributed by atoms with Gasteiger partial charge < -0.3 is 9.84 Å². The van der Waals surface area contributed by atoms with Crippen molar-refractivity contribution in [2.75, 3.05) is 0 Å². The van der Waals surface area contributed by atoms with Crippen molar-refractivity contribution in [1.82, 2.24) is 0 Å². The van der Waals surface area contributed by atoms with E-state index in [0.717, 1.165) is 42.9 Å². The first-order valence-electron chi connectivity index (χ1n) is 8.19. The highest BCUT2D eigenvalue weighted by atomic mass is 16.5. The molecule has 20 heavy (non-hydrogen) atoms. The molecule has 0 spiro atoms. The van der Waals surface area contributed by atoms with Crippen LogP contribution in [0, 0.1) is 5.92 Å². The molecule has 3 rings (SSSR count). The van der Waals surface area contributed by atoms with Crippen LogP contribution >= 0.6 is 0 Å². The first kappa shape index (κ1) is 13.9. The van der Waals surface area contributed by atoms with Crippen LogP contribution in [0.5, 0.6) is 5.75 Å². The second kappa shape index (κ2) is 5.77. The Kier molecular flexibility index (Phi) is 4.02. The second-order valence-electron chi connectivity index (χ2n) is 6.61. The number of hydrogen-bond acceptors (Lipinski definition) is 2. The molecule has 0 amide bonds. The van der Waals surface area contributed by atoms with E-state index in [-0.39, 0.29) is 0 Å². The van der Waals surface area contributed by atoms with E-state index in [1.165, 1.54) is 25.7 Å². The normalized spacial score (nSPS) is 30.2. The average Bonchev–Trinajstić information content (AvgIpc) is 3.27. The van der Waals surface area contributed by atoms with E-state index in [9.17, 15) is 5.11 Å². The van der Waals surface area contributed by atoms with Crippen LogP contribution in [0.1, 0.15) is 63.9 Å². The molecule has 2 aliphatic rings. The third kappa shape index (κ3) is 3.17. The fraction of sp³-hybridized carbons (Fsp3) is 0.667. The summed E-state index contributed by atoms with van der Waals surface area (Å²) in [6.07, 6.45) is 9.50. The molecule has 2 saturated carbocycles. The number of rotatable bonds is 5. The Morgan fingerprint density at radius 2 is 1.75 bits per heavy atom. The smallest absolute Gasteiger partial charge is 0.119 e. The van der Waals surface area contributed by atoms with Crippen LogP contribution in [0.3, 0.4) is 0 Å². The molecule has 1 aromatic carbocycles. The Morgan fingerprint density at radius 1 is 1.10 bits per heavy atom. The largest absolute Gasteiger partial charge is 0.490 e. The molecule has 0 saturated heterocycles. The Labute approximate surface area is 122 Å². The van der Waals surface area contributed by atoms with Crippen LogP contribution < -0.4 is 4.74 Å². The van der Waals surface area contributed by atoms with E-state index < -0.39 is 5.60 Å². The molecule has 0 unspecified atom stereocenters. The molecule has 110 valence electrons. The SMILES string of the molecule is CCCC1CCC(O)(c2ccc(OC3CC3)cc2)CC1.